The number of carbonyl (C=O) groups is 1. The van der Waals surface area contributed by atoms with Crippen LogP contribution in [0.5, 0.6) is 0 Å². The van der Waals surface area contributed by atoms with Gasteiger partial charge in [-0.05, 0) is 6.92 Å². The summed E-state index contributed by atoms with van der Waals surface area (Å²) in [7, 11) is 0. The minimum absolute atomic E-state index is 0. The molecule has 14 heavy (non-hydrogen) atoms. The molecule has 0 radical (unpaired) electrons. The van der Waals surface area contributed by atoms with Crippen LogP contribution in [0.3, 0.4) is 0 Å². The molecule has 1 rings (SSSR count). The largest absolute Gasteiger partial charge is 0.466 e. The van der Waals surface area contributed by atoms with E-state index in [0.717, 1.165) is 0 Å². The number of hydrogen-bond donors (Lipinski definition) is 1. The first-order valence-corrected chi connectivity index (χ1v) is 4.30. The van der Waals surface area contributed by atoms with E-state index in [1.165, 1.54) is 0 Å². The predicted octanol–water partition coefficient (Wildman–Crippen LogP) is 1.22. The first kappa shape index (κ1) is 13.6. The Labute approximate surface area is 87.6 Å². The number of carbonyl (C=O) groups excluding carboxylic acids is 1. The number of nitrogens with one attached hydrogen (secondary N) is 1. The van der Waals surface area contributed by atoms with Crippen LogP contribution in [0.2, 0.25) is 0 Å². The highest BCUT2D eigenvalue weighted by atomic mass is 35.5. The fourth-order valence-electron chi connectivity index (χ4n) is 1.36. The van der Waals surface area contributed by atoms with E-state index in [2.05, 4.69) is 10.1 Å². The average molecular weight is 230 g/mol. The van der Waals surface area contributed by atoms with Crippen molar-refractivity contribution < 1.29 is 18.3 Å². The second-order valence-corrected chi connectivity index (χ2v) is 3.14. The van der Waals surface area contributed by atoms with Crippen LogP contribution < -0.4 is 5.32 Å². The second kappa shape index (κ2) is 5.46. The van der Waals surface area contributed by atoms with Crippen LogP contribution in [0.4, 0.5) is 8.78 Å². The lowest BCUT2D eigenvalue weighted by Gasteiger charge is -2.28. The fourth-order valence-corrected chi connectivity index (χ4v) is 1.36. The molecule has 0 aromatic heterocycles. The molecule has 1 unspecified atom stereocenters. The van der Waals surface area contributed by atoms with Crippen LogP contribution in [-0.4, -0.2) is 31.6 Å². The minimum atomic E-state index is -2.78. The smallest absolute Gasteiger partial charge is 0.310 e. The molecule has 1 fully saturated rings. The van der Waals surface area contributed by atoms with Gasteiger partial charge in [0.1, 0.15) is 0 Å². The van der Waals surface area contributed by atoms with Gasteiger partial charge in [-0.1, -0.05) is 0 Å². The molecular formula is C8H14ClF2NO2. The van der Waals surface area contributed by atoms with E-state index < -0.39 is 24.2 Å². The molecule has 0 aromatic rings. The zero-order valence-corrected chi connectivity index (χ0v) is 8.70. The highest BCUT2D eigenvalue weighted by Gasteiger charge is 2.39. The van der Waals surface area contributed by atoms with Gasteiger partial charge in [-0.3, -0.25) is 4.79 Å². The Morgan fingerprint density at radius 1 is 1.64 bits per heavy atom. The summed E-state index contributed by atoms with van der Waals surface area (Å²) in [5.74, 6) is -4.02. The van der Waals surface area contributed by atoms with E-state index in [1.807, 2.05) is 0 Å². The quantitative estimate of drug-likeness (QED) is 0.724. The molecule has 0 aromatic carbocycles. The summed E-state index contributed by atoms with van der Waals surface area (Å²) in [5.41, 5.74) is 0. The maximum absolute atomic E-state index is 12.8. The molecular weight excluding hydrogens is 216 g/mol. The number of esters is 1. The van der Waals surface area contributed by atoms with Crippen molar-refractivity contribution in [3.63, 3.8) is 0 Å². The lowest BCUT2D eigenvalue weighted by atomic mass is 9.97. The van der Waals surface area contributed by atoms with Crippen LogP contribution in [0.25, 0.3) is 0 Å². The van der Waals surface area contributed by atoms with Crippen molar-refractivity contribution in [1.29, 1.82) is 0 Å². The third kappa shape index (κ3) is 3.75. The summed E-state index contributed by atoms with van der Waals surface area (Å²) >= 11 is 0. The van der Waals surface area contributed by atoms with Gasteiger partial charge < -0.3 is 10.1 Å². The molecule has 0 aliphatic carbocycles. The molecule has 0 amide bonds. The normalized spacial score (nSPS) is 24.9. The predicted molar refractivity (Wildman–Crippen MR) is 49.8 cm³/mol. The van der Waals surface area contributed by atoms with Crippen molar-refractivity contribution in [3.05, 3.63) is 0 Å². The summed E-state index contributed by atoms with van der Waals surface area (Å²) in [4.78, 5) is 11.1. The van der Waals surface area contributed by atoms with Gasteiger partial charge in [-0.2, -0.15) is 0 Å². The van der Waals surface area contributed by atoms with Crippen molar-refractivity contribution in [2.24, 2.45) is 5.92 Å². The monoisotopic (exact) mass is 229 g/mol. The van der Waals surface area contributed by atoms with Gasteiger partial charge in [0.05, 0.1) is 19.1 Å². The molecule has 84 valence electrons. The molecule has 1 atom stereocenters. The van der Waals surface area contributed by atoms with Crippen LogP contribution in [-0.2, 0) is 9.53 Å². The third-order valence-corrected chi connectivity index (χ3v) is 1.94. The van der Waals surface area contributed by atoms with Crippen LogP contribution in [0.15, 0.2) is 0 Å². The lowest BCUT2D eigenvalue weighted by molar-refractivity contribution is -0.153. The summed E-state index contributed by atoms with van der Waals surface area (Å²) < 4.78 is 30.2. The molecule has 0 saturated carbocycles. The molecule has 1 saturated heterocycles. The zero-order chi connectivity index (χ0) is 9.90. The van der Waals surface area contributed by atoms with E-state index in [1.54, 1.807) is 6.92 Å². The zero-order valence-electron chi connectivity index (χ0n) is 7.89. The number of hydrogen-bond acceptors (Lipinski definition) is 3. The van der Waals surface area contributed by atoms with Crippen LogP contribution >= 0.6 is 12.4 Å². The minimum Gasteiger partial charge on any atom is -0.466 e. The Hall–Kier alpha value is -0.420. The second-order valence-electron chi connectivity index (χ2n) is 3.14. The van der Waals surface area contributed by atoms with Crippen LogP contribution in [0, 0.1) is 5.92 Å². The van der Waals surface area contributed by atoms with Gasteiger partial charge in [0.15, 0.2) is 0 Å². The first-order valence-electron chi connectivity index (χ1n) is 4.30. The number of halogens is 3. The molecule has 0 bridgehead atoms. The summed E-state index contributed by atoms with van der Waals surface area (Å²) in [5, 5.41) is 2.51. The molecule has 1 aliphatic rings. The van der Waals surface area contributed by atoms with Crippen molar-refractivity contribution in [2.75, 3.05) is 19.7 Å². The van der Waals surface area contributed by atoms with Gasteiger partial charge in [-0.25, -0.2) is 8.78 Å². The number of alkyl halides is 2. The maximum atomic E-state index is 12.8. The van der Waals surface area contributed by atoms with Gasteiger partial charge >= 0.3 is 5.97 Å². The molecule has 1 heterocycles. The third-order valence-electron chi connectivity index (χ3n) is 1.94. The summed E-state index contributed by atoms with van der Waals surface area (Å²) in [6, 6.07) is 0. The fraction of sp³-hybridized carbons (Fsp3) is 0.875. The van der Waals surface area contributed by atoms with E-state index >= 15 is 0 Å². The van der Waals surface area contributed by atoms with E-state index in [-0.39, 0.29) is 32.1 Å². The van der Waals surface area contributed by atoms with Crippen molar-refractivity contribution in [3.8, 4) is 0 Å². The standard InChI is InChI=1S/C8H13F2NO2.ClH/c1-2-13-7(12)6-3-8(9,10)5-11-4-6;/h6,11H,2-5H2,1H3;1H. The van der Waals surface area contributed by atoms with Crippen molar-refractivity contribution >= 4 is 18.4 Å². The Kier molecular flexibility index (Phi) is 5.29. The number of rotatable bonds is 2. The Morgan fingerprint density at radius 3 is 2.79 bits per heavy atom. The Bertz CT molecular complexity index is 202. The van der Waals surface area contributed by atoms with E-state index in [0.29, 0.717) is 0 Å². The maximum Gasteiger partial charge on any atom is 0.310 e. The molecule has 6 heteroatoms. The van der Waals surface area contributed by atoms with Crippen LogP contribution in [0.1, 0.15) is 13.3 Å². The molecule has 1 N–H and O–H groups in total. The Balaban J connectivity index is 0.00000169. The van der Waals surface area contributed by atoms with Crippen molar-refractivity contribution in [1.82, 2.24) is 5.32 Å². The first-order chi connectivity index (χ1) is 6.05. The van der Waals surface area contributed by atoms with E-state index in [4.69, 9.17) is 0 Å². The lowest BCUT2D eigenvalue weighted by Crippen LogP contribution is -2.46. The highest BCUT2D eigenvalue weighted by molar-refractivity contribution is 5.85. The Morgan fingerprint density at radius 2 is 2.29 bits per heavy atom. The van der Waals surface area contributed by atoms with Gasteiger partial charge in [-0.15, -0.1) is 12.4 Å². The summed E-state index contributed by atoms with van der Waals surface area (Å²) in [6.45, 7) is 1.84. The molecule has 3 nitrogen and oxygen atoms in total. The van der Waals surface area contributed by atoms with Crippen molar-refractivity contribution in [2.45, 2.75) is 19.3 Å². The number of piperidine rings is 1. The van der Waals surface area contributed by atoms with E-state index in [9.17, 15) is 13.6 Å². The SMILES string of the molecule is CCOC(=O)C1CNCC(F)(F)C1.Cl. The number of ether oxygens (including phenoxy) is 1. The van der Waals surface area contributed by atoms with Gasteiger partial charge in [0.25, 0.3) is 5.92 Å². The van der Waals surface area contributed by atoms with Gasteiger partial charge in [0.2, 0.25) is 0 Å². The highest BCUT2D eigenvalue weighted by Crippen LogP contribution is 2.26. The molecule has 0 spiro atoms. The molecule has 1 aliphatic heterocycles. The van der Waals surface area contributed by atoms with Gasteiger partial charge in [0, 0.05) is 13.0 Å². The summed E-state index contributed by atoms with van der Waals surface area (Å²) in [6.07, 6.45) is -0.404. The average Bonchev–Trinajstić information content (AvgIpc) is 2.03. The topological polar surface area (TPSA) is 38.3 Å².